The molecule has 0 bridgehead atoms. The van der Waals surface area contributed by atoms with Crippen molar-refractivity contribution in [2.45, 2.75) is 50.5 Å². The number of sulfonamides is 1. The number of hydrogen-bond acceptors (Lipinski definition) is 5. The second-order valence-electron chi connectivity index (χ2n) is 9.35. The van der Waals surface area contributed by atoms with E-state index in [2.05, 4.69) is 39.6 Å². The molecular formula is C26H34ClN3O4S. The fourth-order valence-electron chi connectivity index (χ4n) is 5.14. The van der Waals surface area contributed by atoms with Crippen molar-refractivity contribution in [3.8, 4) is 5.75 Å². The summed E-state index contributed by atoms with van der Waals surface area (Å²) in [5.41, 5.74) is 3.99. The van der Waals surface area contributed by atoms with Crippen LogP contribution in [0.15, 0.2) is 42.5 Å². The third kappa shape index (κ3) is 6.17. The van der Waals surface area contributed by atoms with Gasteiger partial charge in [0.25, 0.3) is 0 Å². The summed E-state index contributed by atoms with van der Waals surface area (Å²) in [5.74, 6) is 0.399. The van der Waals surface area contributed by atoms with Crippen LogP contribution in [0, 0.1) is 0 Å². The van der Waals surface area contributed by atoms with Gasteiger partial charge in [-0.2, -0.15) is 0 Å². The summed E-state index contributed by atoms with van der Waals surface area (Å²) >= 11 is 6.15. The number of carbonyl (C=O) groups is 1. The van der Waals surface area contributed by atoms with Gasteiger partial charge in [-0.15, -0.1) is 0 Å². The molecule has 9 heteroatoms. The zero-order valence-corrected chi connectivity index (χ0v) is 21.7. The Balaban J connectivity index is 1.37. The normalized spacial score (nSPS) is 18.9. The Bertz CT molecular complexity index is 1130. The van der Waals surface area contributed by atoms with Gasteiger partial charge in [0.05, 0.1) is 18.8 Å². The minimum atomic E-state index is -3.40. The molecule has 0 saturated heterocycles. The number of carbonyl (C=O) groups excluding carboxylic acids is 1. The van der Waals surface area contributed by atoms with E-state index in [1.807, 2.05) is 18.2 Å². The fraction of sp³-hybridized carbons (Fsp3) is 0.500. The summed E-state index contributed by atoms with van der Waals surface area (Å²) < 4.78 is 31.6. The molecule has 2 aromatic rings. The van der Waals surface area contributed by atoms with Crippen molar-refractivity contribution in [3.63, 3.8) is 0 Å². The standard InChI is InChI=1S/C26H34ClN3O4S/c1-2-16-35(32,33)30-18-24(31)28-14-15-34-22-9-4-19-10-13-29-25(23(19)17-22)26(11-3-12-26)20-5-7-21(27)8-6-20/h4-9,17,25,29-30H,2-3,10-16,18H2,1H3,(H,28,31). The van der Waals surface area contributed by atoms with E-state index in [0.717, 1.165) is 36.6 Å². The van der Waals surface area contributed by atoms with Gasteiger partial charge >= 0.3 is 0 Å². The van der Waals surface area contributed by atoms with Crippen LogP contribution in [-0.4, -0.2) is 46.3 Å². The fourth-order valence-corrected chi connectivity index (χ4v) is 6.29. The SMILES string of the molecule is CCCS(=O)(=O)NCC(=O)NCCOc1ccc2c(c1)C(C1(c3ccc(Cl)cc3)CCC1)NCC2. The van der Waals surface area contributed by atoms with E-state index < -0.39 is 10.0 Å². The van der Waals surface area contributed by atoms with Crippen LogP contribution < -0.4 is 20.1 Å². The Labute approximate surface area is 213 Å². The quantitative estimate of drug-likeness (QED) is 0.395. The highest BCUT2D eigenvalue weighted by Crippen LogP contribution is 2.53. The first-order valence-electron chi connectivity index (χ1n) is 12.3. The molecule has 1 atom stereocenters. The molecule has 1 aliphatic heterocycles. The first kappa shape index (κ1) is 25.9. The summed E-state index contributed by atoms with van der Waals surface area (Å²) in [5, 5.41) is 7.22. The van der Waals surface area contributed by atoms with Gasteiger partial charge in [0.15, 0.2) is 0 Å². The molecular weight excluding hydrogens is 486 g/mol. The lowest BCUT2D eigenvalue weighted by Crippen LogP contribution is -2.49. The van der Waals surface area contributed by atoms with Crippen molar-refractivity contribution in [2.75, 3.05) is 32.0 Å². The number of nitrogens with one attached hydrogen (secondary N) is 3. The lowest BCUT2D eigenvalue weighted by molar-refractivity contribution is -0.120. The first-order chi connectivity index (χ1) is 16.8. The number of ether oxygens (including phenoxy) is 1. The van der Waals surface area contributed by atoms with Gasteiger partial charge < -0.3 is 15.4 Å². The molecule has 2 aromatic carbocycles. The summed E-state index contributed by atoms with van der Waals surface area (Å²) in [6.45, 7) is 3.05. The Hall–Kier alpha value is -2.13. The number of amides is 1. The van der Waals surface area contributed by atoms with E-state index in [0.29, 0.717) is 19.6 Å². The van der Waals surface area contributed by atoms with Crippen LogP contribution in [0.25, 0.3) is 0 Å². The molecule has 190 valence electrons. The third-order valence-corrected chi connectivity index (χ3v) is 8.79. The number of fused-ring (bicyclic) bond motifs is 1. The molecule has 1 saturated carbocycles. The van der Waals surface area contributed by atoms with Gasteiger partial charge in [0.2, 0.25) is 15.9 Å². The number of benzene rings is 2. The predicted molar refractivity (Wildman–Crippen MR) is 138 cm³/mol. The third-order valence-electron chi connectivity index (χ3n) is 7.01. The average molecular weight is 520 g/mol. The molecule has 0 spiro atoms. The molecule has 1 heterocycles. The van der Waals surface area contributed by atoms with E-state index in [4.69, 9.17) is 16.3 Å². The van der Waals surface area contributed by atoms with Crippen molar-refractivity contribution >= 4 is 27.5 Å². The van der Waals surface area contributed by atoms with Gasteiger partial charge in [0.1, 0.15) is 12.4 Å². The highest BCUT2D eigenvalue weighted by Gasteiger charge is 2.47. The summed E-state index contributed by atoms with van der Waals surface area (Å²) in [6, 6.07) is 14.7. The van der Waals surface area contributed by atoms with E-state index in [-0.39, 0.29) is 29.7 Å². The van der Waals surface area contributed by atoms with E-state index >= 15 is 0 Å². The van der Waals surface area contributed by atoms with Crippen molar-refractivity contribution in [2.24, 2.45) is 0 Å². The maximum atomic E-state index is 11.9. The van der Waals surface area contributed by atoms with Crippen molar-refractivity contribution < 1.29 is 17.9 Å². The largest absolute Gasteiger partial charge is 0.492 e. The summed E-state index contributed by atoms with van der Waals surface area (Å²) in [7, 11) is -3.40. The highest BCUT2D eigenvalue weighted by atomic mass is 35.5. The molecule has 1 fully saturated rings. The van der Waals surface area contributed by atoms with Crippen LogP contribution in [-0.2, 0) is 26.7 Å². The van der Waals surface area contributed by atoms with Crippen LogP contribution in [0.2, 0.25) is 5.02 Å². The Kier molecular flexibility index (Phi) is 8.37. The molecule has 0 aromatic heterocycles. The molecule has 1 aliphatic carbocycles. The van der Waals surface area contributed by atoms with Crippen molar-refractivity contribution in [1.29, 1.82) is 0 Å². The van der Waals surface area contributed by atoms with Crippen LogP contribution in [0.1, 0.15) is 55.3 Å². The van der Waals surface area contributed by atoms with Crippen molar-refractivity contribution in [3.05, 3.63) is 64.2 Å². The number of rotatable bonds is 11. The highest BCUT2D eigenvalue weighted by molar-refractivity contribution is 7.89. The second kappa shape index (κ2) is 11.3. The maximum Gasteiger partial charge on any atom is 0.235 e. The second-order valence-corrected chi connectivity index (χ2v) is 11.7. The van der Waals surface area contributed by atoms with E-state index in [9.17, 15) is 13.2 Å². The van der Waals surface area contributed by atoms with E-state index in [1.54, 1.807) is 6.92 Å². The van der Waals surface area contributed by atoms with Crippen LogP contribution in [0.4, 0.5) is 0 Å². The lowest BCUT2D eigenvalue weighted by Gasteiger charge is -2.50. The van der Waals surface area contributed by atoms with Crippen LogP contribution in [0.5, 0.6) is 5.75 Å². The molecule has 0 radical (unpaired) electrons. The predicted octanol–water partition coefficient (Wildman–Crippen LogP) is 3.47. The smallest absolute Gasteiger partial charge is 0.235 e. The first-order valence-corrected chi connectivity index (χ1v) is 14.3. The molecule has 7 nitrogen and oxygen atoms in total. The summed E-state index contributed by atoms with van der Waals surface area (Å²) in [6.07, 6.45) is 4.95. The number of halogens is 1. The van der Waals surface area contributed by atoms with E-state index in [1.165, 1.54) is 23.1 Å². The zero-order valence-electron chi connectivity index (χ0n) is 20.1. The minimum Gasteiger partial charge on any atom is -0.492 e. The van der Waals surface area contributed by atoms with Gasteiger partial charge in [-0.05, 0) is 73.2 Å². The monoisotopic (exact) mass is 519 g/mol. The lowest BCUT2D eigenvalue weighted by atomic mass is 9.58. The summed E-state index contributed by atoms with van der Waals surface area (Å²) in [4.78, 5) is 11.9. The van der Waals surface area contributed by atoms with Crippen LogP contribution in [0.3, 0.4) is 0 Å². The Morgan fingerprint density at radius 1 is 1.20 bits per heavy atom. The number of hydrogen-bond donors (Lipinski definition) is 3. The van der Waals surface area contributed by atoms with Crippen LogP contribution >= 0.6 is 11.6 Å². The molecule has 3 N–H and O–H groups in total. The topological polar surface area (TPSA) is 96.5 Å². The van der Waals surface area contributed by atoms with Gasteiger partial charge in [-0.3, -0.25) is 4.79 Å². The molecule has 1 amide bonds. The molecule has 2 aliphatic rings. The minimum absolute atomic E-state index is 0.0108. The Morgan fingerprint density at radius 3 is 2.66 bits per heavy atom. The van der Waals surface area contributed by atoms with Gasteiger partial charge in [-0.1, -0.05) is 43.1 Å². The van der Waals surface area contributed by atoms with Crippen molar-refractivity contribution in [1.82, 2.24) is 15.4 Å². The zero-order chi connectivity index (χ0) is 24.9. The molecule has 1 unspecified atom stereocenters. The molecule has 4 rings (SSSR count). The average Bonchev–Trinajstić information content (AvgIpc) is 2.81. The maximum absolute atomic E-state index is 11.9. The van der Waals surface area contributed by atoms with Gasteiger partial charge in [-0.25, -0.2) is 13.1 Å². The molecule has 35 heavy (non-hydrogen) atoms. The Morgan fingerprint density at radius 2 is 1.97 bits per heavy atom. The van der Waals surface area contributed by atoms with Gasteiger partial charge in [0, 0.05) is 16.5 Å².